The Balaban J connectivity index is 1.74. The van der Waals surface area contributed by atoms with Gasteiger partial charge in [0.15, 0.2) is 0 Å². The van der Waals surface area contributed by atoms with E-state index < -0.39 is 5.60 Å². The van der Waals surface area contributed by atoms with E-state index in [0.717, 1.165) is 18.5 Å². The molecular formula is C14H20N2O2. The average molecular weight is 248 g/mol. The monoisotopic (exact) mass is 248 g/mol. The molecule has 1 aliphatic heterocycles. The molecule has 0 aromatic carbocycles. The van der Waals surface area contributed by atoms with E-state index in [2.05, 4.69) is 4.98 Å². The normalized spacial score (nSPS) is 17.3. The maximum absolute atomic E-state index is 11.9. The highest BCUT2D eigenvalue weighted by molar-refractivity contribution is 5.77. The van der Waals surface area contributed by atoms with Crippen molar-refractivity contribution in [2.24, 2.45) is 0 Å². The third-order valence-electron chi connectivity index (χ3n) is 3.36. The van der Waals surface area contributed by atoms with Crippen molar-refractivity contribution in [2.45, 2.75) is 38.2 Å². The summed E-state index contributed by atoms with van der Waals surface area (Å²) < 4.78 is 0. The minimum atomic E-state index is -0.630. The van der Waals surface area contributed by atoms with Crippen LogP contribution < -0.4 is 0 Å². The predicted molar refractivity (Wildman–Crippen MR) is 69.0 cm³/mol. The molecule has 18 heavy (non-hydrogen) atoms. The van der Waals surface area contributed by atoms with E-state index in [1.54, 1.807) is 11.1 Å². The fourth-order valence-corrected chi connectivity index (χ4v) is 2.40. The summed E-state index contributed by atoms with van der Waals surface area (Å²) in [6.07, 6.45) is 4.61. The molecule has 2 rings (SSSR count). The Bertz CT molecular complexity index is 400. The second-order valence-corrected chi connectivity index (χ2v) is 5.05. The molecule has 4 heteroatoms. The number of amides is 1. The summed E-state index contributed by atoms with van der Waals surface area (Å²) in [5, 5.41) is 10.0. The fraction of sp³-hybridized carbons (Fsp3) is 0.571. The molecular weight excluding hydrogens is 228 g/mol. The van der Waals surface area contributed by atoms with Gasteiger partial charge in [-0.3, -0.25) is 9.78 Å². The first-order valence-electron chi connectivity index (χ1n) is 6.53. The Morgan fingerprint density at radius 1 is 1.50 bits per heavy atom. The summed E-state index contributed by atoms with van der Waals surface area (Å²) in [4.78, 5) is 17.8. The summed E-state index contributed by atoms with van der Waals surface area (Å²) in [6, 6.07) is 5.72. The lowest BCUT2D eigenvalue weighted by Crippen LogP contribution is -2.63. The van der Waals surface area contributed by atoms with Crippen molar-refractivity contribution in [1.29, 1.82) is 0 Å². The van der Waals surface area contributed by atoms with Crippen molar-refractivity contribution in [3.8, 4) is 0 Å². The van der Waals surface area contributed by atoms with Crippen molar-refractivity contribution in [2.75, 3.05) is 13.1 Å². The molecule has 0 unspecified atom stereocenters. The van der Waals surface area contributed by atoms with Crippen LogP contribution >= 0.6 is 0 Å². The molecule has 98 valence electrons. The number of nitrogens with zero attached hydrogens (tertiary/aromatic N) is 2. The molecule has 0 bridgehead atoms. The molecule has 2 heterocycles. The number of carbonyl (C=O) groups excluding carboxylic acids is 1. The van der Waals surface area contributed by atoms with Crippen LogP contribution in [0.5, 0.6) is 0 Å². The van der Waals surface area contributed by atoms with E-state index in [-0.39, 0.29) is 5.91 Å². The Morgan fingerprint density at radius 3 is 2.89 bits per heavy atom. The number of likely N-dealkylation sites (tertiary alicyclic amines) is 1. The first-order valence-corrected chi connectivity index (χ1v) is 6.53. The summed E-state index contributed by atoms with van der Waals surface area (Å²) >= 11 is 0. The van der Waals surface area contributed by atoms with Crippen LogP contribution in [0.25, 0.3) is 0 Å². The quantitative estimate of drug-likeness (QED) is 0.856. The minimum absolute atomic E-state index is 0.112. The molecule has 0 atom stereocenters. The molecule has 1 N–H and O–H groups in total. The second kappa shape index (κ2) is 5.48. The van der Waals surface area contributed by atoms with Crippen LogP contribution in [0, 0.1) is 0 Å². The number of rotatable bonds is 5. The Hall–Kier alpha value is -1.42. The van der Waals surface area contributed by atoms with Gasteiger partial charge in [-0.15, -0.1) is 0 Å². The molecule has 0 saturated carbocycles. The first kappa shape index (κ1) is 13.0. The largest absolute Gasteiger partial charge is 0.386 e. The molecule has 1 aliphatic rings. The number of hydrogen-bond donors (Lipinski definition) is 1. The summed E-state index contributed by atoms with van der Waals surface area (Å²) in [7, 11) is 0. The Morgan fingerprint density at radius 2 is 2.28 bits per heavy atom. The molecule has 1 aromatic heterocycles. The first-order chi connectivity index (χ1) is 8.63. The third-order valence-corrected chi connectivity index (χ3v) is 3.36. The van der Waals surface area contributed by atoms with Crippen molar-refractivity contribution in [3.05, 3.63) is 30.1 Å². The molecule has 0 spiro atoms. The van der Waals surface area contributed by atoms with Crippen LogP contribution in [0.1, 0.15) is 31.9 Å². The zero-order chi connectivity index (χ0) is 13.0. The minimum Gasteiger partial charge on any atom is -0.386 e. The van der Waals surface area contributed by atoms with Crippen LogP contribution in [0.3, 0.4) is 0 Å². The summed E-state index contributed by atoms with van der Waals surface area (Å²) in [5.41, 5.74) is 0.310. The van der Waals surface area contributed by atoms with Crippen LogP contribution in [-0.4, -0.2) is 39.6 Å². The van der Waals surface area contributed by atoms with Gasteiger partial charge in [0, 0.05) is 18.3 Å². The highest BCUT2D eigenvalue weighted by Gasteiger charge is 2.42. The summed E-state index contributed by atoms with van der Waals surface area (Å²) in [5.74, 6) is 0.112. The van der Waals surface area contributed by atoms with Crippen LogP contribution in [-0.2, 0) is 11.2 Å². The van der Waals surface area contributed by atoms with Crippen LogP contribution in [0.4, 0.5) is 0 Å². The smallest absolute Gasteiger partial charge is 0.223 e. The molecule has 1 amide bonds. The van der Waals surface area contributed by atoms with E-state index in [4.69, 9.17) is 0 Å². The zero-order valence-corrected chi connectivity index (χ0v) is 10.8. The van der Waals surface area contributed by atoms with E-state index in [1.165, 1.54) is 0 Å². The number of hydrogen-bond acceptors (Lipinski definition) is 3. The summed E-state index contributed by atoms with van der Waals surface area (Å²) in [6.45, 7) is 3.02. The fourth-order valence-electron chi connectivity index (χ4n) is 2.40. The van der Waals surface area contributed by atoms with E-state index in [1.807, 2.05) is 25.1 Å². The van der Waals surface area contributed by atoms with Gasteiger partial charge in [0.25, 0.3) is 0 Å². The topological polar surface area (TPSA) is 53.4 Å². The molecule has 4 nitrogen and oxygen atoms in total. The van der Waals surface area contributed by atoms with Gasteiger partial charge in [0.1, 0.15) is 0 Å². The Labute approximate surface area is 108 Å². The van der Waals surface area contributed by atoms with Crippen molar-refractivity contribution in [3.63, 3.8) is 0 Å². The van der Waals surface area contributed by atoms with E-state index in [9.17, 15) is 9.90 Å². The number of pyridine rings is 1. The third kappa shape index (κ3) is 3.07. The van der Waals surface area contributed by atoms with Gasteiger partial charge in [-0.25, -0.2) is 0 Å². The predicted octanol–water partition coefficient (Wildman–Crippen LogP) is 1.39. The van der Waals surface area contributed by atoms with E-state index >= 15 is 0 Å². The number of aliphatic hydroxyl groups is 1. The lowest BCUT2D eigenvalue weighted by atomic mass is 9.89. The standard InChI is InChI=1S/C14H20N2O2/c1-2-8-14(18)10-16(11-14)13(17)7-6-12-5-3-4-9-15-12/h3-5,9,18H,2,6-8,10-11H2,1H3. The maximum atomic E-state index is 11.9. The molecule has 1 fully saturated rings. The Kier molecular flexibility index (Phi) is 3.97. The van der Waals surface area contributed by atoms with Gasteiger partial charge in [0.2, 0.25) is 5.91 Å². The van der Waals surface area contributed by atoms with Gasteiger partial charge >= 0.3 is 0 Å². The molecule has 0 aliphatic carbocycles. The second-order valence-electron chi connectivity index (χ2n) is 5.05. The highest BCUT2D eigenvalue weighted by Crippen LogP contribution is 2.26. The molecule has 0 radical (unpaired) electrons. The van der Waals surface area contributed by atoms with Crippen molar-refractivity contribution >= 4 is 5.91 Å². The van der Waals surface area contributed by atoms with Crippen molar-refractivity contribution in [1.82, 2.24) is 9.88 Å². The lowest BCUT2D eigenvalue weighted by Gasteiger charge is -2.46. The molecule has 1 aromatic rings. The maximum Gasteiger partial charge on any atom is 0.223 e. The number of carbonyl (C=O) groups is 1. The van der Waals surface area contributed by atoms with Crippen LogP contribution in [0.2, 0.25) is 0 Å². The number of aromatic nitrogens is 1. The van der Waals surface area contributed by atoms with Gasteiger partial charge in [-0.05, 0) is 25.0 Å². The van der Waals surface area contributed by atoms with Gasteiger partial charge in [-0.1, -0.05) is 19.4 Å². The van der Waals surface area contributed by atoms with Gasteiger partial charge in [0.05, 0.1) is 18.7 Å². The van der Waals surface area contributed by atoms with Crippen molar-refractivity contribution < 1.29 is 9.90 Å². The number of aryl methyl sites for hydroxylation is 1. The average Bonchev–Trinajstić information content (AvgIpc) is 2.34. The van der Waals surface area contributed by atoms with E-state index in [0.29, 0.717) is 25.9 Å². The SMILES string of the molecule is CCCC1(O)CN(C(=O)CCc2ccccn2)C1. The van der Waals surface area contributed by atoms with Gasteiger partial charge in [-0.2, -0.15) is 0 Å². The molecule has 1 saturated heterocycles. The highest BCUT2D eigenvalue weighted by atomic mass is 16.3. The van der Waals surface area contributed by atoms with Gasteiger partial charge < -0.3 is 10.0 Å². The lowest BCUT2D eigenvalue weighted by molar-refractivity contribution is -0.156. The number of β-amino-alcohol motifs (C(OH)–C–C–N with tert-alkyl or cyclic N) is 1. The van der Waals surface area contributed by atoms with Crippen LogP contribution in [0.15, 0.2) is 24.4 Å². The zero-order valence-electron chi connectivity index (χ0n) is 10.8.